The van der Waals surface area contributed by atoms with Gasteiger partial charge in [-0.1, -0.05) is 5.21 Å². The largest absolute Gasteiger partial charge is 0.378 e. The quantitative estimate of drug-likeness (QED) is 0.791. The van der Waals surface area contributed by atoms with Gasteiger partial charge in [0, 0.05) is 38.4 Å². The number of nitrogens with zero attached hydrogens (tertiary/aromatic N) is 3. The maximum atomic E-state index is 5.93. The van der Waals surface area contributed by atoms with Gasteiger partial charge in [0.25, 0.3) is 0 Å². The molecule has 0 saturated carbocycles. The van der Waals surface area contributed by atoms with Crippen LogP contribution in [0.15, 0.2) is 12.4 Å². The maximum absolute atomic E-state index is 5.93. The minimum atomic E-state index is 0.00181. The Bertz CT molecular complexity index is 376. The molecule has 2 atom stereocenters. The molecule has 2 unspecified atom stereocenters. The Kier molecular flexibility index (Phi) is 4.10. The van der Waals surface area contributed by atoms with E-state index in [0.29, 0.717) is 6.04 Å². The lowest BCUT2D eigenvalue weighted by Gasteiger charge is -2.37. The lowest BCUT2D eigenvalue weighted by molar-refractivity contribution is -0.0892. The number of hydrogen-bond donors (Lipinski definition) is 1. The Hall–Kier alpha value is -0.980. The second-order valence-electron chi connectivity index (χ2n) is 5.50. The van der Waals surface area contributed by atoms with E-state index in [-0.39, 0.29) is 5.60 Å². The van der Waals surface area contributed by atoms with E-state index in [0.717, 1.165) is 58.6 Å². The molecule has 1 spiro atoms. The predicted octanol–water partition coefficient (Wildman–Crippen LogP) is 0.596. The SMILES string of the molecule is c1cn(CCCNC2CCOC3(CCOC3)C2)nn1. The van der Waals surface area contributed by atoms with Crippen LogP contribution in [0.25, 0.3) is 0 Å². The summed E-state index contributed by atoms with van der Waals surface area (Å²) in [5.41, 5.74) is 0.00181. The fourth-order valence-electron chi connectivity index (χ4n) is 2.96. The summed E-state index contributed by atoms with van der Waals surface area (Å²) in [6.07, 6.45) is 7.92. The topological polar surface area (TPSA) is 61.2 Å². The number of hydrogen-bond acceptors (Lipinski definition) is 5. The molecule has 3 rings (SSSR count). The van der Waals surface area contributed by atoms with Crippen LogP contribution in [0.1, 0.15) is 25.7 Å². The summed E-state index contributed by atoms with van der Waals surface area (Å²) in [6.45, 7) is 4.40. The fourth-order valence-corrected chi connectivity index (χ4v) is 2.96. The lowest BCUT2D eigenvalue weighted by atomic mass is 9.89. The van der Waals surface area contributed by atoms with E-state index >= 15 is 0 Å². The van der Waals surface area contributed by atoms with Crippen molar-refractivity contribution in [3.63, 3.8) is 0 Å². The predicted molar refractivity (Wildman–Crippen MR) is 69.8 cm³/mol. The number of aromatic nitrogens is 3. The second-order valence-corrected chi connectivity index (χ2v) is 5.50. The molecule has 0 aromatic carbocycles. The van der Waals surface area contributed by atoms with Crippen molar-refractivity contribution in [1.82, 2.24) is 20.3 Å². The summed E-state index contributed by atoms with van der Waals surface area (Å²) in [5.74, 6) is 0. The number of rotatable bonds is 5. The first-order chi connectivity index (χ1) is 9.36. The normalized spacial score (nSPS) is 31.1. The first-order valence-corrected chi connectivity index (χ1v) is 7.16. The summed E-state index contributed by atoms with van der Waals surface area (Å²) in [4.78, 5) is 0. The third kappa shape index (κ3) is 3.32. The van der Waals surface area contributed by atoms with Crippen molar-refractivity contribution in [2.24, 2.45) is 0 Å². The Morgan fingerprint density at radius 3 is 3.21 bits per heavy atom. The van der Waals surface area contributed by atoms with Gasteiger partial charge in [0.2, 0.25) is 0 Å². The molecule has 2 saturated heterocycles. The molecular formula is C13H22N4O2. The summed E-state index contributed by atoms with van der Waals surface area (Å²) < 4.78 is 13.3. The number of nitrogens with one attached hydrogen (secondary N) is 1. The van der Waals surface area contributed by atoms with E-state index in [2.05, 4.69) is 15.6 Å². The Morgan fingerprint density at radius 1 is 1.42 bits per heavy atom. The van der Waals surface area contributed by atoms with Crippen LogP contribution >= 0.6 is 0 Å². The monoisotopic (exact) mass is 266 g/mol. The van der Waals surface area contributed by atoms with Gasteiger partial charge >= 0.3 is 0 Å². The summed E-state index contributed by atoms with van der Waals surface area (Å²) >= 11 is 0. The van der Waals surface area contributed by atoms with Gasteiger partial charge in [-0.25, -0.2) is 0 Å². The zero-order valence-corrected chi connectivity index (χ0v) is 11.3. The first kappa shape index (κ1) is 13.0. The van der Waals surface area contributed by atoms with Gasteiger partial charge in [0.1, 0.15) is 0 Å². The minimum absolute atomic E-state index is 0.00181. The molecule has 0 radical (unpaired) electrons. The molecule has 19 heavy (non-hydrogen) atoms. The van der Waals surface area contributed by atoms with Crippen molar-refractivity contribution in [3.05, 3.63) is 12.4 Å². The van der Waals surface area contributed by atoms with Gasteiger partial charge in [-0.2, -0.15) is 0 Å². The zero-order chi connectivity index (χ0) is 13.0. The molecule has 2 aliphatic heterocycles. The standard InChI is InChI=1S/C13H22N4O2/c1(6-17-7-5-15-16-17)4-14-12-2-8-19-13(10-12)3-9-18-11-13/h5,7,12,14H,1-4,6,8-11H2. The average Bonchev–Trinajstić information content (AvgIpc) is 3.07. The third-order valence-electron chi connectivity index (χ3n) is 4.03. The van der Waals surface area contributed by atoms with Crippen molar-refractivity contribution in [2.45, 2.75) is 43.9 Å². The van der Waals surface area contributed by atoms with E-state index in [1.807, 2.05) is 10.9 Å². The number of ether oxygens (including phenoxy) is 2. The van der Waals surface area contributed by atoms with E-state index in [1.54, 1.807) is 6.20 Å². The molecule has 2 fully saturated rings. The minimum Gasteiger partial charge on any atom is -0.378 e. The maximum Gasteiger partial charge on any atom is 0.0951 e. The second kappa shape index (κ2) is 5.98. The van der Waals surface area contributed by atoms with Crippen LogP contribution < -0.4 is 5.32 Å². The number of aryl methyl sites for hydroxylation is 1. The van der Waals surface area contributed by atoms with Gasteiger partial charge in [0.15, 0.2) is 0 Å². The van der Waals surface area contributed by atoms with Crippen LogP contribution in [0.5, 0.6) is 0 Å². The molecule has 1 aromatic heterocycles. The highest BCUT2D eigenvalue weighted by Crippen LogP contribution is 2.32. The summed E-state index contributed by atoms with van der Waals surface area (Å²) in [7, 11) is 0. The van der Waals surface area contributed by atoms with Crippen LogP contribution in [0.2, 0.25) is 0 Å². The first-order valence-electron chi connectivity index (χ1n) is 7.16. The highest BCUT2D eigenvalue weighted by molar-refractivity contribution is 4.92. The van der Waals surface area contributed by atoms with Crippen LogP contribution in [0.3, 0.4) is 0 Å². The fraction of sp³-hybridized carbons (Fsp3) is 0.846. The van der Waals surface area contributed by atoms with E-state index < -0.39 is 0 Å². The van der Waals surface area contributed by atoms with Crippen LogP contribution in [0.4, 0.5) is 0 Å². The van der Waals surface area contributed by atoms with Crippen molar-refractivity contribution in [2.75, 3.05) is 26.4 Å². The van der Waals surface area contributed by atoms with E-state index in [9.17, 15) is 0 Å². The molecule has 6 nitrogen and oxygen atoms in total. The molecule has 0 aliphatic carbocycles. The van der Waals surface area contributed by atoms with Gasteiger partial charge < -0.3 is 14.8 Å². The van der Waals surface area contributed by atoms with Gasteiger partial charge in [0.05, 0.1) is 18.4 Å². The third-order valence-corrected chi connectivity index (χ3v) is 4.03. The average molecular weight is 266 g/mol. The van der Waals surface area contributed by atoms with Gasteiger partial charge in [-0.3, -0.25) is 4.68 Å². The summed E-state index contributed by atoms with van der Waals surface area (Å²) in [6, 6.07) is 0.561. The Morgan fingerprint density at radius 2 is 2.42 bits per heavy atom. The van der Waals surface area contributed by atoms with Crippen LogP contribution in [-0.4, -0.2) is 53.0 Å². The molecule has 1 aromatic rings. The van der Waals surface area contributed by atoms with Crippen LogP contribution in [-0.2, 0) is 16.0 Å². The smallest absolute Gasteiger partial charge is 0.0951 e. The zero-order valence-electron chi connectivity index (χ0n) is 11.3. The molecule has 1 N–H and O–H groups in total. The molecule has 0 amide bonds. The lowest BCUT2D eigenvalue weighted by Crippen LogP contribution is -2.47. The van der Waals surface area contributed by atoms with Crippen molar-refractivity contribution in [3.8, 4) is 0 Å². The Labute approximate surface area is 113 Å². The molecule has 6 heteroatoms. The van der Waals surface area contributed by atoms with Crippen LogP contribution in [0, 0.1) is 0 Å². The highest BCUT2D eigenvalue weighted by atomic mass is 16.6. The van der Waals surface area contributed by atoms with E-state index in [4.69, 9.17) is 9.47 Å². The molecule has 3 heterocycles. The van der Waals surface area contributed by atoms with E-state index in [1.165, 1.54) is 0 Å². The van der Waals surface area contributed by atoms with Gasteiger partial charge in [-0.15, -0.1) is 5.10 Å². The molecule has 106 valence electrons. The highest BCUT2D eigenvalue weighted by Gasteiger charge is 2.40. The van der Waals surface area contributed by atoms with Crippen molar-refractivity contribution >= 4 is 0 Å². The molecule has 0 bridgehead atoms. The Balaban J connectivity index is 1.38. The van der Waals surface area contributed by atoms with Crippen molar-refractivity contribution < 1.29 is 9.47 Å². The molecule has 2 aliphatic rings. The summed E-state index contributed by atoms with van der Waals surface area (Å²) in [5, 5.41) is 11.4. The van der Waals surface area contributed by atoms with Gasteiger partial charge in [-0.05, 0) is 25.8 Å². The molecular weight excluding hydrogens is 244 g/mol. The van der Waals surface area contributed by atoms with Crippen molar-refractivity contribution in [1.29, 1.82) is 0 Å².